The molecule has 7 aromatic heterocycles. The Balaban J connectivity index is 0.000000181. The zero-order chi connectivity index (χ0) is 34.3. The monoisotopic (exact) mass is 688 g/mol. The average molecular weight is 689 g/mol. The molecule has 48 heavy (non-hydrogen) atoms. The van der Waals surface area contributed by atoms with Crippen LogP contribution in [0.2, 0.25) is 0 Å². The number of nitrogens with one attached hydrogen (secondary N) is 1. The fraction of sp³-hybridized carbons (Fsp3) is 0.312. The number of benzene rings is 1. The Morgan fingerprint density at radius 2 is 1.44 bits per heavy atom. The van der Waals surface area contributed by atoms with E-state index in [1.807, 2.05) is 57.5 Å². The number of carbonyl (C=O) groups excluding carboxylic acids is 1. The zero-order valence-electron chi connectivity index (χ0n) is 27.6. The van der Waals surface area contributed by atoms with Crippen molar-refractivity contribution in [3.8, 4) is 0 Å². The summed E-state index contributed by atoms with van der Waals surface area (Å²) in [6.07, 6.45) is 5.15. The molecule has 0 fully saturated rings. The van der Waals surface area contributed by atoms with Gasteiger partial charge in [0.15, 0.2) is 11.3 Å². The summed E-state index contributed by atoms with van der Waals surface area (Å²) >= 11 is 3.12. The summed E-state index contributed by atoms with van der Waals surface area (Å²) in [5, 5.41) is 20.1. The maximum atomic E-state index is 13.0. The predicted molar refractivity (Wildman–Crippen MR) is 191 cm³/mol. The average Bonchev–Trinajstić information content (AvgIpc) is 3.88. The third-order valence-electron chi connectivity index (χ3n) is 7.73. The molecule has 0 aliphatic rings. The van der Waals surface area contributed by atoms with Gasteiger partial charge in [-0.3, -0.25) is 19.5 Å². The minimum absolute atomic E-state index is 0. The van der Waals surface area contributed by atoms with E-state index in [0.717, 1.165) is 62.6 Å². The van der Waals surface area contributed by atoms with Gasteiger partial charge in [-0.2, -0.15) is 15.3 Å². The number of H-pyrrole nitrogens is 1. The van der Waals surface area contributed by atoms with Gasteiger partial charge in [-0.25, -0.2) is 19.3 Å². The van der Waals surface area contributed by atoms with Crippen molar-refractivity contribution in [1.82, 2.24) is 48.9 Å². The molecule has 0 aliphatic carbocycles. The largest absolute Gasteiger partial charge is 0.465 e. The predicted octanol–water partition coefficient (Wildman–Crippen LogP) is 5.07. The van der Waals surface area contributed by atoms with Gasteiger partial charge in [0.25, 0.3) is 11.1 Å². The van der Waals surface area contributed by atoms with Crippen molar-refractivity contribution in [2.45, 2.75) is 47.7 Å². The number of fused-ring (bicyclic) bond motifs is 7. The highest BCUT2D eigenvalue weighted by Gasteiger charge is 2.19. The number of thiazole rings is 2. The van der Waals surface area contributed by atoms with Crippen LogP contribution in [-0.2, 0) is 36.7 Å². The first-order valence-corrected chi connectivity index (χ1v) is 17.0. The Morgan fingerprint density at radius 1 is 0.875 bits per heavy atom. The SMILES string of the molecule is CC.CCOC(=O)Cn1ncc2c3sc(C)nc3n(C)c2c1=O.Cc1nc2c(s1)c1cnn(Cc3cccc4cn[nH]c34)c(=O)c1n2C.[HH]. The molecule has 1 N–H and O–H groups in total. The first-order chi connectivity index (χ1) is 23.2. The second-order valence-electron chi connectivity index (χ2n) is 10.7. The Bertz CT molecular complexity index is 2590. The maximum Gasteiger partial charge on any atom is 0.327 e. The number of ether oxygens (including phenoxy) is 1. The molecule has 0 unspecified atom stereocenters. The molecule has 250 valence electrons. The molecular formula is C32H36N10O4S2. The molecule has 0 spiro atoms. The minimum Gasteiger partial charge on any atom is -0.465 e. The molecule has 0 amide bonds. The summed E-state index contributed by atoms with van der Waals surface area (Å²) in [7, 11) is 3.67. The fourth-order valence-electron chi connectivity index (χ4n) is 5.66. The van der Waals surface area contributed by atoms with Crippen LogP contribution >= 0.6 is 22.7 Å². The molecule has 1 aromatic carbocycles. The molecule has 0 atom stereocenters. The van der Waals surface area contributed by atoms with E-state index in [4.69, 9.17) is 4.74 Å². The molecule has 7 heterocycles. The van der Waals surface area contributed by atoms with Crippen molar-refractivity contribution in [3.05, 3.63) is 73.1 Å². The van der Waals surface area contributed by atoms with Gasteiger partial charge >= 0.3 is 5.97 Å². The van der Waals surface area contributed by atoms with E-state index < -0.39 is 5.97 Å². The highest BCUT2D eigenvalue weighted by atomic mass is 32.1. The van der Waals surface area contributed by atoms with E-state index in [-0.39, 0.29) is 25.7 Å². The molecule has 8 rings (SSSR count). The quantitative estimate of drug-likeness (QED) is 0.244. The van der Waals surface area contributed by atoms with Crippen LogP contribution in [-0.4, -0.2) is 61.4 Å². The van der Waals surface area contributed by atoms with Crippen molar-refractivity contribution < 1.29 is 11.0 Å². The lowest BCUT2D eigenvalue weighted by molar-refractivity contribution is -0.144. The van der Waals surface area contributed by atoms with E-state index in [0.29, 0.717) is 17.6 Å². The van der Waals surface area contributed by atoms with Crippen LogP contribution in [0.25, 0.3) is 53.4 Å². The van der Waals surface area contributed by atoms with Crippen molar-refractivity contribution >= 4 is 82.0 Å². The lowest BCUT2D eigenvalue weighted by Gasteiger charge is -2.06. The number of aryl methyl sites for hydroxylation is 4. The van der Waals surface area contributed by atoms with E-state index in [1.165, 1.54) is 16.0 Å². The van der Waals surface area contributed by atoms with Crippen molar-refractivity contribution in [2.24, 2.45) is 14.1 Å². The standard InChI is InChI=1S/C17H14N6OS.C13H14N4O3S.C2H6.H2/c1-9-20-16-15(25-9)12-7-19-23(17(24)14(12)22(16)2)8-11-5-3-4-10-6-18-21-13(10)11;1-4-20-9(18)6-17-13(19)10-8(5-14-17)11-12(16(10)3)15-7(2)21-11;1-2;/h3-7H,8H2,1-2H3,(H,18,21);5H,4,6H2,1-3H3;1-2H3;1H. The van der Waals surface area contributed by atoms with E-state index in [1.54, 1.807) is 48.5 Å². The fourth-order valence-corrected chi connectivity index (χ4v) is 7.59. The Kier molecular flexibility index (Phi) is 8.94. The third-order valence-corrected chi connectivity index (χ3v) is 9.72. The summed E-state index contributed by atoms with van der Waals surface area (Å²) < 4.78 is 13.0. The van der Waals surface area contributed by atoms with Crippen LogP contribution in [0.1, 0.15) is 37.8 Å². The Morgan fingerprint density at radius 3 is 2.02 bits per heavy atom. The van der Waals surface area contributed by atoms with Crippen LogP contribution in [0.5, 0.6) is 0 Å². The van der Waals surface area contributed by atoms with Crippen LogP contribution in [0.3, 0.4) is 0 Å². The van der Waals surface area contributed by atoms with Crippen molar-refractivity contribution in [3.63, 3.8) is 0 Å². The number of aromatic amines is 1. The zero-order valence-corrected chi connectivity index (χ0v) is 29.2. The van der Waals surface area contributed by atoms with Crippen LogP contribution in [0.4, 0.5) is 0 Å². The lowest BCUT2D eigenvalue weighted by atomic mass is 10.1. The smallest absolute Gasteiger partial charge is 0.327 e. The van der Waals surface area contributed by atoms with Gasteiger partial charge < -0.3 is 13.9 Å². The number of hydrogen-bond donors (Lipinski definition) is 1. The number of para-hydroxylation sites is 1. The van der Waals surface area contributed by atoms with Crippen LogP contribution in [0.15, 0.2) is 46.4 Å². The van der Waals surface area contributed by atoms with E-state index in [2.05, 4.69) is 30.4 Å². The van der Waals surface area contributed by atoms with Crippen molar-refractivity contribution in [1.29, 1.82) is 0 Å². The third kappa shape index (κ3) is 5.56. The summed E-state index contributed by atoms with van der Waals surface area (Å²) in [5.41, 5.74) is 4.23. The second-order valence-corrected chi connectivity index (χ2v) is 13.1. The number of rotatable bonds is 5. The van der Waals surface area contributed by atoms with Gasteiger partial charge in [0.1, 0.15) is 17.6 Å². The van der Waals surface area contributed by atoms with Gasteiger partial charge in [0, 0.05) is 31.7 Å². The molecular weight excluding hydrogens is 653 g/mol. The number of nitrogens with zero attached hydrogens (tertiary/aromatic N) is 9. The molecule has 0 bridgehead atoms. The van der Waals surface area contributed by atoms with Crippen LogP contribution in [0, 0.1) is 13.8 Å². The minimum atomic E-state index is -0.476. The second kappa shape index (κ2) is 13.1. The highest BCUT2D eigenvalue weighted by Crippen LogP contribution is 2.31. The van der Waals surface area contributed by atoms with Gasteiger partial charge in [0.05, 0.1) is 56.7 Å². The number of aromatic nitrogens is 10. The van der Waals surface area contributed by atoms with E-state index in [9.17, 15) is 14.4 Å². The molecule has 14 nitrogen and oxygen atoms in total. The first-order valence-electron chi connectivity index (χ1n) is 15.4. The Hall–Kier alpha value is -5.22. The molecule has 0 radical (unpaired) electrons. The van der Waals surface area contributed by atoms with Gasteiger partial charge in [-0.05, 0) is 26.3 Å². The highest BCUT2D eigenvalue weighted by molar-refractivity contribution is 7.19. The lowest BCUT2D eigenvalue weighted by Crippen LogP contribution is -2.28. The first kappa shape index (κ1) is 32.7. The molecule has 0 saturated heterocycles. The van der Waals surface area contributed by atoms with Gasteiger partial charge in [0.2, 0.25) is 0 Å². The number of carbonyl (C=O) groups is 1. The van der Waals surface area contributed by atoms with Crippen molar-refractivity contribution in [2.75, 3.05) is 6.61 Å². The normalized spacial score (nSPS) is 11.3. The van der Waals surface area contributed by atoms with Gasteiger partial charge in [-0.1, -0.05) is 32.0 Å². The summed E-state index contributed by atoms with van der Waals surface area (Å²) in [5.74, 6) is -0.476. The van der Waals surface area contributed by atoms with Crippen LogP contribution < -0.4 is 11.1 Å². The summed E-state index contributed by atoms with van der Waals surface area (Å²) in [6, 6.07) is 5.93. The Labute approximate surface area is 282 Å². The van der Waals surface area contributed by atoms with E-state index >= 15 is 0 Å². The van der Waals surface area contributed by atoms with Gasteiger partial charge in [-0.15, -0.1) is 22.7 Å². The topological polar surface area (TPSA) is 160 Å². The maximum absolute atomic E-state index is 13.0. The molecule has 8 aromatic rings. The number of esters is 1. The summed E-state index contributed by atoms with van der Waals surface area (Å²) in [6.45, 7) is 10.1. The molecule has 0 saturated carbocycles. The summed E-state index contributed by atoms with van der Waals surface area (Å²) in [4.78, 5) is 46.0. The molecule has 16 heteroatoms. The molecule has 0 aliphatic heterocycles. The number of hydrogen-bond acceptors (Lipinski definition) is 11.